The molecule has 0 radical (unpaired) electrons. The van der Waals surface area contributed by atoms with Crippen LogP contribution in [-0.4, -0.2) is 64.2 Å². The van der Waals surface area contributed by atoms with Gasteiger partial charge in [-0.15, -0.1) is 0 Å². The maximum atomic E-state index is 11.8. The monoisotopic (exact) mass is 252 g/mol. The summed E-state index contributed by atoms with van der Waals surface area (Å²) in [6.07, 6.45) is 1.10. The van der Waals surface area contributed by atoms with Crippen molar-refractivity contribution in [2.24, 2.45) is 0 Å². The van der Waals surface area contributed by atoms with Crippen molar-refractivity contribution in [3.8, 4) is 0 Å². The highest BCUT2D eigenvalue weighted by Crippen LogP contribution is 2.27. The highest BCUT2D eigenvalue weighted by atomic mass is 32.2. The first-order valence-electron chi connectivity index (χ1n) is 5.16. The number of piperidine rings is 1. The largest absolute Gasteiger partial charge is 0.353 e. The molecule has 0 aromatic rings. The molecule has 1 aliphatic heterocycles. The second-order valence-electron chi connectivity index (χ2n) is 4.01. The van der Waals surface area contributed by atoms with Gasteiger partial charge in [0.1, 0.15) is 0 Å². The van der Waals surface area contributed by atoms with E-state index in [-0.39, 0.29) is 0 Å². The van der Waals surface area contributed by atoms with Crippen LogP contribution in [0.5, 0.6) is 0 Å². The number of hydrogen-bond donors (Lipinski definition) is 0. The summed E-state index contributed by atoms with van der Waals surface area (Å²) >= 11 is 0. The lowest BCUT2D eigenvalue weighted by molar-refractivity contribution is -0.224. The minimum Gasteiger partial charge on any atom is -0.353 e. The van der Waals surface area contributed by atoms with Gasteiger partial charge in [0, 0.05) is 54.2 Å². The summed E-state index contributed by atoms with van der Waals surface area (Å²) in [5.41, 5.74) is 0. The molecule has 1 saturated heterocycles. The van der Waals surface area contributed by atoms with Crippen molar-refractivity contribution in [1.29, 1.82) is 0 Å². The lowest BCUT2D eigenvalue weighted by Crippen LogP contribution is -2.51. The molecule has 96 valence electrons. The Labute approximate surface area is 97.3 Å². The Kier molecular flexibility index (Phi) is 4.30. The van der Waals surface area contributed by atoms with E-state index >= 15 is 0 Å². The van der Waals surface area contributed by atoms with Gasteiger partial charge in [0.2, 0.25) is 0 Å². The van der Waals surface area contributed by atoms with Crippen LogP contribution in [0.4, 0.5) is 0 Å². The van der Waals surface area contributed by atoms with Gasteiger partial charge in [-0.3, -0.25) is 0 Å². The number of ether oxygens (including phenoxy) is 2. The fourth-order valence-corrected chi connectivity index (χ4v) is 2.89. The number of methoxy groups -OCH3 is 2. The summed E-state index contributed by atoms with van der Waals surface area (Å²) in [7, 11) is 2.92. The third-order valence-corrected chi connectivity index (χ3v) is 4.96. The normalized spacial score (nSPS) is 22.6. The molecular formula is C9H20N2O4S. The van der Waals surface area contributed by atoms with Crippen LogP contribution in [0.2, 0.25) is 0 Å². The predicted octanol–water partition coefficient (Wildman–Crippen LogP) is -0.122. The first-order chi connectivity index (χ1) is 7.38. The topological polar surface area (TPSA) is 59.1 Å². The lowest BCUT2D eigenvalue weighted by atomic mass is 10.1. The molecule has 0 N–H and O–H groups in total. The number of rotatable bonds is 4. The summed E-state index contributed by atoms with van der Waals surface area (Å²) in [6.45, 7) is 0.838. The van der Waals surface area contributed by atoms with E-state index in [2.05, 4.69) is 0 Å². The molecule has 0 saturated carbocycles. The molecule has 7 heteroatoms. The summed E-state index contributed by atoms with van der Waals surface area (Å²) in [4.78, 5) is 0. The molecule has 1 rings (SSSR count). The van der Waals surface area contributed by atoms with Crippen molar-refractivity contribution in [2.75, 3.05) is 41.4 Å². The Morgan fingerprint density at radius 2 is 1.56 bits per heavy atom. The zero-order valence-corrected chi connectivity index (χ0v) is 11.1. The highest BCUT2D eigenvalue weighted by Gasteiger charge is 2.38. The molecule has 0 aromatic heterocycles. The van der Waals surface area contributed by atoms with Gasteiger partial charge >= 0.3 is 0 Å². The van der Waals surface area contributed by atoms with E-state index < -0.39 is 16.0 Å². The first kappa shape index (κ1) is 13.9. The van der Waals surface area contributed by atoms with E-state index in [9.17, 15) is 8.42 Å². The van der Waals surface area contributed by atoms with Crippen molar-refractivity contribution < 1.29 is 17.9 Å². The smallest absolute Gasteiger partial charge is 0.281 e. The van der Waals surface area contributed by atoms with Crippen molar-refractivity contribution in [1.82, 2.24) is 8.61 Å². The van der Waals surface area contributed by atoms with Gasteiger partial charge in [0.25, 0.3) is 10.2 Å². The Balaban J connectivity index is 2.69. The molecule has 1 aliphatic rings. The van der Waals surface area contributed by atoms with Crippen LogP contribution in [0.1, 0.15) is 12.8 Å². The fourth-order valence-electron chi connectivity index (χ4n) is 1.78. The van der Waals surface area contributed by atoms with Crippen LogP contribution in [0.3, 0.4) is 0 Å². The molecule has 0 amide bonds. The summed E-state index contributed by atoms with van der Waals surface area (Å²) in [5.74, 6) is -0.627. The zero-order valence-electron chi connectivity index (χ0n) is 10.3. The maximum Gasteiger partial charge on any atom is 0.281 e. The Morgan fingerprint density at radius 3 is 1.88 bits per heavy atom. The minimum atomic E-state index is -3.31. The molecule has 0 spiro atoms. The average Bonchev–Trinajstić information content (AvgIpc) is 2.29. The van der Waals surface area contributed by atoms with Gasteiger partial charge in [-0.05, 0) is 0 Å². The van der Waals surface area contributed by atoms with E-state index in [0.717, 1.165) is 0 Å². The minimum absolute atomic E-state index is 0.419. The highest BCUT2D eigenvalue weighted by molar-refractivity contribution is 7.86. The molecule has 0 bridgehead atoms. The average molecular weight is 252 g/mol. The summed E-state index contributed by atoms with van der Waals surface area (Å²) < 4.78 is 36.9. The van der Waals surface area contributed by atoms with E-state index in [1.165, 1.54) is 22.7 Å². The number of hydrogen-bond acceptors (Lipinski definition) is 4. The van der Waals surface area contributed by atoms with Crippen LogP contribution in [0.25, 0.3) is 0 Å². The predicted molar refractivity (Wildman–Crippen MR) is 60.2 cm³/mol. The molecule has 1 heterocycles. The molecule has 16 heavy (non-hydrogen) atoms. The number of nitrogens with zero attached hydrogens (tertiary/aromatic N) is 2. The first-order valence-corrected chi connectivity index (χ1v) is 6.55. The van der Waals surface area contributed by atoms with Crippen LogP contribution >= 0.6 is 0 Å². The molecule has 6 nitrogen and oxygen atoms in total. The third-order valence-electron chi connectivity index (χ3n) is 3.02. The Morgan fingerprint density at radius 1 is 1.12 bits per heavy atom. The molecule has 0 aliphatic carbocycles. The van der Waals surface area contributed by atoms with Crippen LogP contribution < -0.4 is 0 Å². The summed E-state index contributed by atoms with van der Waals surface area (Å²) in [5, 5.41) is 0. The van der Waals surface area contributed by atoms with Crippen molar-refractivity contribution >= 4 is 10.2 Å². The molecule has 1 fully saturated rings. The molecular weight excluding hydrogens is 232 g/mol. The van der Waals surface area contributed by atoms with Gasteiger partial charge < -0.3 is 9.47 Å². The van der Waals surface area contributed by atoms with E-state index in [1.54, 1.807) is 14.2 Å². The molecule has 0 unspecified atom stereocenters. The van der Waals surface area contributed by atoms with Crippen molar-refractivity contribution in [3.63, 3.8) is 0 Å². The Hall–Kier alpha value is -0.210. The van der Waals surface area contributed by atoms with Crippen LogP contribution in [-0.2, 0) is 19.7 Å². The second kappa shape index (κ2) is 4.97. The fraction of sp³-hybridized carbons (Fsp3) is 1.00. The van der Waals surface area contributed by atoms with Gasteiger partial charge in [-0.25, -0.2) is 0 Å². The van der Waals surface area contributed by atoms with E-state index in [4.69, 9.17) is 9.47 Å². The van der Waals surface area contributed by atoms with E-state index in [1.807, 2.05) is 0 Å². The molecule has 0 atom stereocenters. The van der Waals surface area contributed by atoms with Crippen LogP contribution in [0, 0.1) is 0 Å². The second-order valence-corrected chi connectivity index (χ2v) is 6.15. The van der Waals surface area contributed by atoms with Gasteiger partial charge in [-0.2, -0.15) is 17.0 Å². The van der Waals surface area contributed by atoms with Gasteiger partial charge in [-0.1, -0.05) is 0 Å². The summed E-state index contributed by atoms with van der Waals surface area (Å²) in [6, 6.07) is 0. The van der Waals surface area contributed by atoms with Crippen LogP contribution in [0.15, 0.2) is 0 Å². The van der Waals surface area contributed by atoms with Crippen molar-refractivity contribution in [2.45, 2.75) is 18.6 Å². The van der Waals surface area contributed by atoms with Gasteiger partial charge in [0.15, 0.2) is 5.79 Å². The molecule has 0 aromatic carbocycles. The zero-order chi connectivity index (χ0) is 12.4. The Bertz CT molecular complexity index is 314. The third kappa shape index (κ3) is 2.54. The van der Waals surface area contributed by atoms with Crippen molar-refractivity contribution in [3.05, 3.63) is 0 Å². The lowest BCUT2D eigenvalue weighted by Gasteiger charge is -2.39. The van der Waals surface area contributed by atoms with Gasteiger partial charge in [0.05, 0.1) is 0 Å². The standard InChI is InChI=1S/C9H20N2O4S/c1-10(2)16(12,13)11-7-5-9(14-3,15-4)6-8-11/h5-8H2,1-4H3. The SMILES string of the molecule is COC1(OC)CCN(S(=O)(=O)N(C)C)CC1. The van der Waals surface area contributed by atoms with E-state index in [0.29, 0.717) is 25.9 Å². The quantitative estimate of drug-likeness (QED) is 0.654. The maximum absolute atomic E-state index is 11.8.